The Morgan fingerprint density at radius 3 is 2.32 bits per heavy atom. The van der Waals surface area contributed by atoms with Crippen molar-refractivity contribution >= 4 is 0 Å². The van der Waals surface area contributed by atoms with E-state index in [4.69, 9.17) is 4.74 Å². The van der Waals surface area contributed by atoms with Gasteiger partial charge in [-0.15, -0.1) is 0 Å². The van der Waals surface area contributed by atoms with Crippen LogP contribution < -0.4 is 10.1 Å². The van der Waals surface area contributed by atoms with Crippen LogP contribution in [0.25, 0.3) is 0 Å². The van der Waals surface area contributed by atoms with Crippen molar-refractivity contribution in [2.45, 2.75) is 51.5 Å². The number of hydrogen-bond donors (Lipinski definition) is 1. The molecule has 1 aromatic rings. The third-order valence-corrected chi connectivity index (χ3v) is 4.26. The van der Waals surface area contributed by atoms with E-state index in [2.05, 4.69) is 43.4 Å². The van der Waals surface area contributed by atoms with Crippen LogP contribution in [0.15, 0.2) is 24.3 Å². The molecule has 0 radical (unpaired) electrons. The smallest absolute Gasteiger partial charge is 0.118 e. The lowest BCUT2D eigenvalue weighted by Gasteiger charge is -2.25. The molecule has 1 aliphatic carbocycles. The summed E-state index contributed by atoms with van der Waals surface area (Å²) in [7, 11) is 1.73. The van der Waals surface area contributed by atoms with E-state index in [9.17, 15) is 0 Å². The number of ether oxygens (including phenoxy) is 1. The van der Waals surface area contributed by atoms with E-state index >= 15 is 0 Å². The van der Waals surface area contributed by atoms with Crippen molar-refractivity contribution in [1.82, 2.24) is 5.32 Å². The predicted molar refractivity (Wildman–Crippen MR) is 80.8 cm³/mol. The van der Waals surface area contributed by atoms with Crippen molar-refractivity contribution in [1.29, 1.82) is 0 Å². The molecule has 1 unspecified atom stereocenters. The van der Waals surface area contributed by atoms with Gasteiger partial charge in [0.25, 0.3) is 0 Å². The van der Waals surface area contributed by atoms with Crippen LogP contribution in [-0.2, 0) is 0 Å². The van der Waals surface area contributed by atoms with Gasteiger partial charge in [0, 0.05) is 12.6 Å². The molecule has 19 heavy (non-hydrogen) atoms. The summed E-state index contributed by atoms with van der Waals surface area (Å²) >= 11 is 0. The first-order valence-electron chi connectivity index (χ1n) is 7.58. The highest BCUT2D eigenvalue weighted by atomic mass is 16.5. The van der Waals surface area contributed by atoms with Crippen LogP contribution in [0.4, 0.5) is 0 Å². The molecule has 0 bridgehead atoms. The molecule has 0 aromatic heterocycles. The summed E-state index contributed by atoms with van der Waals surface area (Å²) in [5, 5.41) is 3.62. The van der Waals surface area contributed by atoms with E-state index in [1.165, 1.54) is 31.2 Å². The molecule has 1 fully saturated rings. The van der Waals surface area contributed by atoms with E-state index in [0.717, 1.165) is 18.2 Å². The van der Waals surface area contributed by atoms with Crippen molar-refractivity contribution < 1.29 is 4.74 Å². The molecule has 1 aliphatic rings. The van der Waals surface area contributed by atoms with Gasteiger partial charge in [-0.3, -0.25) is 0 Å². The van der Waals surface area contributed by atoms with Crippen LogP contribution in [0.5, 0.6) is 5.75 Å². The number of benzene rings is 1. The van der Waals surface area contributed by atoms with E-state index in [-0.39, 0.29) is 0 Å². The van der Waals surface area contributed by atoms with E-state index in [1.54, 1.807) is 7.11 Å². The van der Waals surface area contributed by atoms with Gasteiger partial charge in [-0.2, -0.15) is 0 Å². The fourth-order valence-electron chi connectivity index (χ4n) is 3.13. The van der Waals surface area contributed by atoms with Crippen LogP contribution >= 0.6 is 0 Å². The minimum Gasteiger partial charge on any atom is -0.497 e. The quantitative estimate of drug-likeness (QED) is 0.836. The van der Waals surface area contributed by atoms with Crippen LogP contribution in [0, 0.1) is 5.92 Å². The second-order valence-electron chi connectivity index (χ2n) is 5.99. The Kier molecular flexibility index (Phi) is 5.26. The Morgan fingerprint density at radius 1 is 1.16 bits per heavy atom. The summed E-state index contributed by atoms with van der Waals surface area (Å²) in [4.78, 5) is 0. The van der Waals surface area contributed by atoms with Gasteiger partial charge in [-0.05, 0) is 42.4 Å². The lowest BCUT2D eigenvalue weighted by Crippen LogP contribution is -2.30. The van der Waals surface area contributed by atoms with Crippen molar-refractivity contribution in [3.8, 4) is 5.75 Å². The highest BCUT2D eigenvalue weighted by Gasteiger charge is 2.26. The Morgan fingerprint density at radius 2 is 1.79 bits per heavy atom. The molecule has 0 amide bonds. The molecule has 106 valence electrons. The van der Waals surface area contributed by atoms with Crippen LogP contribution in [0.3, 0.4) is 0 Å². The third-order valence-electron chi connectivity index (χ3n) is 4.26. The third kappa shape index (κ3) is 3.97. The first kappa shape index (κ1) is 14.4. The lowest BCUT2D eigenvalue weighted by atomic mass is 9.84. The highest BCUT2D eigenvalue weighted by molar-refractivity contribution is 5.30. The maximum absolute atomic E-state index is 5.26. The first-order chi connectivity index (χ1) is 9.20. The monoisotopic (exact) mass is 261 g/mol. The van der Waals surface area contributed by atoms with Gasteiger partial charge in [0.1, 0.15) is 5.75 Å². The van der Waals surface area contributed by atoms with E-state index in [1.807, 2.05) is 0 Å². The van der Waals surface area contributed by atoms with Gasteiger partial charge < -0.3 is 10.1 Å². The molecule has 1 saturated carbocycles. The van der Waals surface area contributed by atoms with Gasteiger partial charge in [0.15, 0.2) is 0 Å². The molecular weight excluding hydrogens is 234 g/mol. The maximum atomic E-state index is 5.26. The zero-order valence-electron chi connectivity index (χ0n) is 12.5. The predicted octanol–water partition coefficient (Wildman–Crippen LogP) is 3.97. The average molecular weight is 261 g/mol. The SMILES string of the molecule is COc1ccc(C(CNC(C)C)C2CCCC2)cc1. The molecule has 0 saturated heterocycles. The summed E-state index contributed by atoms with van der Waals surface area (Å²) in [5.74, 6) is 2.45. The number of rotatable bonds is 6. The summed E-state index contributed by atoms with van der Waals surface area (Å²) < 4.78 is 5.26. The molecule has 1 atom stereocenters. The van der Waals surface area contributed by atoms with Gasteiger partial charge in [0.05, 0.1) is 7.11 Å². The van der Waals surface area contributed by atoms with Gasteiger partial charge in [0.2, 0.25) is 0 Å². The Balaban J connectivity index is 2.09. The molecule has 1 N–H and O–H groups in total. The van der Waals surface area contributed by atoms with Crippen LogP contribution in [-0.4, -0.2) is 19.7 Å². The maximum Gasteiger partial charge on any atom is 0.118 e. The molecule has 0 spiro atoms. The van der Waals surface area contributed by atoms with Gasteiger partial charge in [-0.1, -0.05) is 38.8 Å². The molecular formula is C17H27NO. The lowest BCUT2D eigenvalue weighted by molar-refractivity contribution is 0.395. The molecule has 0 aliphatic heterocycles. The second kappa shape index (κ2) is 6.95. The standard InChI is InChI=1S/C17H27NO/c1-13(2)18-12-17(14-6-4-5-7-14)15-8-10-16(19-3)11-9-15/h8-11,13-14,17-18H,4-7,12H2,1-3H3. The van der Waals surface area contributed by atoms with Crippen molar-refractivity contribution in [3.63, 3.8) is 0 Å². The Hall–Kier alpha value is -1.02. The fourth-order valence-corrected chi connectivity index (χ4v) is 3.13. The zero-order valence-corrected chi connectivity index (χ0v) is 12.5. The van der Waals surface area contributed by atoms with Crippen LogP contribution in [0.2, 0.25) is 0 Å². The molecule has 1 aromatic carbocycles. The summed E-state index contributed by atoms with van der Waals surface area (Å²) in [6, 6.07) is 9.22. The molecule has 2 nitrogen and oxygen atoms in total. The van der Waals surface area contributed by atoms with Crippen molar-refractivity contribution in [3.05, 3.63) is 29.8 Å². The number of hydrogen-bond acceptors (Lipinski definition) is 2. The highest BCUT2D eigenvalue weighted by Crippen LogP contribution is 2.37. The normalized spacial score (nSPS) is 17.9. The number of methoxy groups -OCH3 is 1. The average Bonchev–Trinajstić information content (AvgIpc) is 2.93. The van der Waals surface area contributed by atoms with E-state index < -0.39 is 0 Å². The van der Waals surface area contributed by atoms with Gasteiger partial charge >= 0.3 is 0 Å². The van der Waals surface area contributed by atoms with Gasteiger partial charge in [-0.25, -0.2) is 0 Å². The van der Waals surface area contributed by atoms with Crippen molar-refractivity contribution in [2.24, 2.45) is 5.92 Å². The van der Waals surface area contributed by atoms with Crippen molar-refractivity contribution in [2.75, 3.05) is 13.7 Å². The Bertz CT molecular complexity index is 365. The minimum absolute atomic E-state index is 0.558. The topological polar surface area (TPSA) is 21.3 Å². The summed E-state index contributed by atoms with van der Waals surface area (Å²) in [6.07, 6.45) is 5.57. The van der Waals surface area contributed by atoms with E-state index in [0.29, 0.717) is 12.0 Å². The summed E-state index contributed by atoms with van der Waals surface area (Å²) in [5.41, 5.74) is 1.46. The Labute approximate surface area is 117 Å². The fraction of sp³-hybridized carbons (Fsp3) is 0.647. The molecule has 0 heterocycles. The zero-order chi connectivity index (χ0) is 13.7. The summed E-state index contributed by atoms with van der Waals surface area (Å²) in [6.45, 7) is 5.54. The number of nitrogens with one attached hydrogen (secondary N) is 1. The van der Waals surface area contributed by atoms with Crippen LogP contribution in [0.1, 0.15) is 51.0 Å². The minimum atomic E-state index is 0.558. The first-order valence-corrected chi connectivity index (χ1v) is 7.58. The second-order valence-corrected chi connectivity index (χ2v) is 5.99. The largest absolute Gasteiger partial charge is 0.497 e. The molecule has 2 heteroatoms. The molecule has 2 rings (SSSR count).